The van der Waals surface area contributed by atoms with E-state index in [1.807, 2.05) is 13.8 Å². The zero-order chi connectivity index (χ0) is 19.2. The molecule has 0 unspecified atom stereocenters. The number of ether oxygens (including phenoxy) is 1. The second-order valence-corrected chi connectivity index (χ2v) is 7.28. The lowest BCUT2D eigenvalue weighted by Crippen LogP contribution is -2.36. The lowest BCUT2D eigenvalue weighted by molar-refractivity contribution is -0.135. The largest absolute Gasteiger partial charge is 0.376 e. The molecule has 8 nitrogen and oxygen atoms in total. The summed E-state index contributed by atoms with van der Waals surface area (Å²) in [5.41, 5.74) is 1.81. The molecule has 2 aliphatic rings. The van der Waals surface area contributed by atoms with Gasteiger partial charge in [-0.1, -0.05) is 0 Å². The van der Waals surface area contributed by atoms with E-state index in [0.29, 0.717) is 18.7 Å². The molecule has 2 aliphatic heterocycles. The van der Waals surface area contributed by atoms with Crippen molar-refractivity contribution in [1.82, 2.24) is 24.5 Å². The fourth-order valence-corrected chi connectivity index (χ4v) is 3.65. The van der Waals surface area contributed by atoms with Crippen molar-refractivity contribution in [2.75, 3.05) is 31.6 Å². The van der Waals surface area contributed by atoms with Gasteiger partial charge in [0.15, 0.2) is 0 Å². The molecule has 1 N–H and O–H groups in total. The fourth-order valence-electron chi connectivity index (χ4n) is 3.65. The van der Waals surface area contributed by atoms with Crippen LogP contribution < -0.4 is 5.32 Å². The second-order valence-electron chi connectivity index (χ2n) is 7.28. The molecule has 0 spiro atoms. The Morgan fingerprint density at radius 1 is 1.44 bits per heavy atom. The number of hydrogen-bond donors (Lipinski definition) is 1. The van der Waals surface area contributed by atoms with Gasteiger partial charge in [-0.25, -0.2) is 13.8 Å². The van der Waals surface area contributed by atoms with Gasteiger partial charge in [-0.15, -0.1) is 0 Å². The van der Waals surface area contributed by atoms with Crippen LogP contribution in [0.25, 0.3) is 5.78 Å². The summed E-state index contributed by atoms with van der Waals surface area (Å²) in [6, 6.07) is 0. The Morgan fingerprint density at radius 2 is 2.26 bits per heavy atom. The highest BCUT2D eigenvalue weighted by Gasteiger charge is 2.43. The molecule has 2 fully saturated rings. The summed E-state index contributed by atoms with van der Waals surface area (Å²) in [5, 5.41) is 7.50. The first-order chi connectivity index (χ1) is 12.8. The standard InChI is InChI=1S/C17H22F2N6O2/c1-10-11(2)23-16-21-9-22-25(16)14(10)20-6-13-5-12(7-27-13)15(26)24-4-3-17(18,19)8-24/h9,12-13,20H,3-8H2,1-2H3/t12-,13-/m0/s1. The normalized spacial score (nSPS) is 24.7. The topological polar surface area (TPSA) is 84.7 Å². The second kappa shape index (κ2) is 6.66. The Balaban J connectivity index is 1.38. The van der Waals surface area contributed by atoms with Crippen LogP contribution in [-0.4, -0.2) is 68.7 Å². The number of rotatable bonds is 4. The Bertz CT molecular complexity index is 870. The third-order valence-corrected chi connectivity index (χ3v) is 5.32. The molecule has 2 aromatic heterocycles. The maximum atomic E-state index is 13.3. The number of alkyl halides is 2. The van der Waals surface area contributed by atoms with Gasteiger partial charge >= 0.3 is 0 Å². The van der Waals surface area contributed by atoms with E-state index in [4.69, 9.17) is 4.74 Å². The summed E-state index contributed by atoms with van der Waals surface area (Å²) in [5.74, 6) is -2.07. The highest BCUT2D eigenvalue weighted by Crippen LogP contribution is 2.30. The summed E-state index contributed by atoms with van der Waals surface area (Å²) >= 11 is 0. The van der Waals surface area contributed by atoms with Crippen LogP contribution in [-0.2, 0) is 9.53 Å². The van der Waals surface area contributed by atoms with Gasteiger partial charge in [-0.3, -0.25) is 4.79 Å². The van der Waals surface area contributed by atoms with E-state index in [2.05, 4.69) is 20.4 Å². The molecular formula is C17H22F2N6O2. The van der Waals surface area contributed by atoms with E-state index in [9.17, 15) is 13.6 Å². The Morgan fingerprint density at radius 3 is 3.00 bits per heavy atom. The maximum absolute atomic E-state index is 13.3. The number of halogens is 2. The van der Waals surface area contributed by atoms with Gasteiger partial charge in [0.2, 0.25) is 5.91 Å². The van der Waals surface area contributed by atoms with Gasteiger partial charge in [-0.05, 0) is 20.3 Å². The number of anilines is 1. The molecule has 2 aromatic rings. The van der Waals surface area contributed by atoms with Crippen LogP contribution in [0.3, 0.4) is 0 Å². The van der Waals surface area contributed by atoms with Crippen LogP contribution in [0.2, 0.25) is 0 Å². The van der Waals surface area contributed by atoms with Crippen molar-refractivity contribution in [3.8, 4) is 0 Å². The van der Waals surface area contributed by atoms with Crippen molar-refractivity contribution in [2.45, 2.75) is 38.7 Å². The van der Waals surface area contributed by atoms with E-state index in [1.165, 1.54) is 11.2 Å². The molecule has 0 bridgehead atoms. The van der Waals surface area contributed by atoms with Gasteiger partial charge in [0, 0.05) is 30.8 Å². The van der Waals surface area contributed by atoms with E-state index >= 15 is 0 Å². The molecule has 4 rings (SSSR count). The lowest BCUT2D eigenvalue weighted by atomic mass is 10.0. The van der Waals surface area contributed by atoms with Gasteiger partial charge in [0.05, 0.1) is 25.2 Å². The van der Waals surface area contributed by atoms with E-state index in [1.54, 1.807) is 4.52 Å². The number of nitrogens with zero attached hydrogens (tertiary/aromatic N) is 5. The number of fused-ring (bicyclic) bond motifs is 1. The van der Waals surface area contributed by atoms with Gasteiger partial charge in [-0.2, -0.15) is 14.6 Å². The number of aryl methyl sites for hydroxylation is 1. The minimum Gasteiger partial charge on any atom is -0.376 e. The summed E-state index contributed by atoms with van der Waals surface area (Å²) in [6.07, 6.45) is 1.52. The number of amides is 1. The summed E-state index contributed by atoms with van der Waals surface area (Å²) in [7, 11) is 0. The average molecular weight is 380 g/mol. The Labute approximate surface area is 154 Å². The summed E-state index contributed by atoms with van der Waals surface area (Å²) < 4.78 is 34.0. The van der Waals surface area contributed by atoms with Crippen molar-refractivity contribution in [3.05, 3.63) is 17.6 Å². The molecule has 10 heteroatoms. The predicted octanol–water partition coefficient (Wildman–Crippen LogP) is 1.43. The molecule has 1 amide bonds. The van der Waals surface area contributed by atoms with Crippen LogP contribution in [0.5, 0.6) is 0 Å². The van der Waals surface area contributed by atoms with Crippen molar-refractivity contribution in [1.29, 1.82) is 0 Å². The molecule has 2 saturated heterocycles. The lowest BCUT2D eigenvalue weighted by Gasteiger charge is -2.19. The summed E-state index contributed by atoms with van der Waals surface area (Å²) in [6.45, 7) is 4.23. The van der Waals surface area contributed by atoms with Crippen LogP contribution >= 0.6 is 0 Å². The molecular weight excluding hydrogens is 358 g/mol. The van der Waals surface area contributed by atoms with Gasteiger partial charge in [0.25, 0.3) is 11.7 Å². The number of likely N-dealkylation sites (tertiary alicyclic amines) is 1. The molecule has 27 heavy (non-hydrogen) atoms. The van der Waals surface area contributed by atoms with Crippen LogP contribution in [0.4, 0.5) is 14.6 Å². The smallest absolute Gasteiger partial charge is 0.267 e. The van der Waals surface area contributed by atoms with Gasteiger partial charge < -0.3 is 15.0 Å². The van der Waals surface area contributed by atoms with Gasteiger partial charge in [0.1, 0.15) is 12.1 Å². The van der Waals surface area contributed by atoms with E-state index < -0.39 is 12.5 Å². The first-order valence-corrected chi connectivity index (χ1v) is 9.03. The zero-order valence-corrected chi connectivity index (χ0v) is 15.3. The molecule has 4 heterocycles. The fraction of sp³-hybridized carbons (Fsp3) is 0.647. The minimum absolute atomic E-state index is 0.116. The zero-order valence-electron chi connectivity index (χ0n) is 15.3. The molecule has 0 saturated carbocycles. The van der Waals surface area contributed by atoms with Crippen LogP contribution in [0, 0.1) is 19.8 Å². The van der Waals surface area contributed by atoms with Crippen LogP contribution in [0.1, 0.15) is 24.1 Å². The maximum Gasteiger partial charge on any atom is 0.267 e. The third-order valence-electron chi connectivity index (χ3n) is 5.32. The van der Waals surface area contributed by atoms with Crippen molar-refractivity contribution < 1.29 is 18.3 Å². The van der Waals surface area contributed by atoms with E-state index in [-0.39, 0.29) is 37.5 Å². The Hall–Kier alpha value is -2.36. The number of nitrogens with one attached hydrogen (secondary N) is 1. The Kier molecular flexibility index (Phi) is 4.45. The summed E-state index contributed by atoms with van der Waals surface area (Å²) in [4.78, 5) is 22.2. The number of carbonyl (C=O) groups is 1. The first-order valence-electron chi connectivity index (χ1n) is 9.03. The molecule has 0 radical (unpaired) electrons. The van der Waals surface area contributed by atoms with Crippen LogP contribution in [0.15, 0.2) is 6.33 Å². The number of hydrogen-bond acceptors (Lipinski definition) is 6. The highest BCUT2D eigenvalue weighted by molar-refractivity contribution is 5.79. The number of carbonyl (C=O) groups excluding carboxylic acids is 1. The molecule has 146 valence electrons. The number of aromatic nitrogens is 4. The molecule has 2 atom stereocenters. The van der Waals surface area contributed by atoms with E-state index in [0.717, 1.165) is 17.1 Å². The third kappa shape index (κ3) is 3.45. The van der Waals surface area contributed by atoms with Crippen molar-refractivity contribution in [3.63, 3.8) is 0 Å². The average Bonchev–Trinajstić information content (AvgIpc) is 3.34. The minimum atomic E-state index is -2.77. The predicted molar refractivity (Wildman–Crippen MR) is 92.7 cm³/mol. The van der Waals surface area contributed by atoms with Crippen molar-refractivity contribution in [2.24, 2.45) is 5.92 Å². The molecule has 0 aliphatic carbocycles. The molecule has 0 aromatic carbocycles. The first kappa shape index (κ1) is 18.0. The highest BCUT2D eigenvalue weighted by atomic mass is 19.3. The monoisotopic (exact) mass is 380 g/mol. The SMILES string of the molecule is Cc1nc2ncnn2c(NC[C@@H]2C[C@H](C(=O)N3CCC(F)(F)C3)CO2)c1C. The quantitative estimate of drug-likeness (QED) is 0.864. The van der Waals surface area contributed by atoms with Crippen molar-refractivity contribution >= 4 is 17.5 Å².